The second kappa shape index (κ2) is 3.53. The van der Waals surface area contributed by atoms with Crippen molar-refractivity contribution in [2.24, 2.45) is 5.92 Å². The summed E-state index contributed by atoms with van der Waals surface area (Å²) in [7, 11) is 1.93. The van der Waals surface area contributed by atoms with Crippen molar-refractivity contribution in [3.63, 3.8) is 0 Å². The third-order valence-corrected chi connectivity index (χ3v) is 2.99. The van der Waals surface area contributed by atoms with E-state index >= 15 is 0 Å². The van der Waals surface area contributed by atoms with Crippen LogP contribution in [0.1, 0.15) is 6.92 Å². The normalized spacial score (nSPS) is 21.1. The molecule has 2 rings (SSSR count). The smallest absolute Gasteiger partial charge is 0.176 e. The standard InChI is InChI=1S/C10H12N2OS/c1-7-6-13-8-4-3-5-11-9(8)12(2)10(7)14/h3-5,7H,6H2,1-2H3. The summed E-state index contributed by atoms with van der Waals surface area (Å²) in [6.07, 6.45) is 1.75. The van der Waals surface area contributed by atoms with Gasteiger partial charge in [-0.3, -0.25) is 0 Å². The van der Waals surface area contributed by atoms with Crippen LogP contribution in [0, 0.1) is 5.92 Å². The molecule has 1 unspecified atom stereocenters. The molecule has 1 atom stereocenters. The van der Waals surface area contributed by atoms with Crippen LogP contribution in [0.25, 0.3) is 0 Å². The molecule has 1 aromatic rings. The van der Waals surface area contributed by atoms with Crippen molar-refractivity contribution in [2.45, 2.75) is 6.92 Å². The zero-order chi connectivity index (χ0) is 10.1. The molecule has 0 saturated carbocycles. The zero-order valence-electron chi connectivity index (χ0n) is 8.23. The van der Waals surface area contributed by atoms with E-state index in [1.165, 1.54) is 0 Å². The number of ether oxygens (including phenoxy) is 1. The van der Waals surface area contributed by atoms with Gasteiger partial charge in [-0.05, 0) is 12.1 Å². The van der Waals surface area contributed by atoms with Crippen LogP contribution >= 0.6 is 12.2 Å². The monoisotopic (exact) mass is 208 g/mol. The summed E-state index contributed by atoms with van der Waals surface area (Å²) in [6.45, 7) is 2.69. The number of nitrogens with zero attached hydrogens (tertiary/aromatic N) is 2. The minimum atomic E-state index is 0.254. The van der Waals surface area contributed by atoms with Crippen molar-refractivity contribution in [1.29, 1.82) is 0 Å². The van der Waals surface area contributed by atoms with Crippen molar-refractivity contribution >= 4 is 23.0 Å². The van der Waals surface area contributed by atoms with Crippen LogP contribution in [-0.4, -0.2) is 23.6 Å². The van der Waals surface area contributed by atoms with E-state index in [1.807, 2.05) is 24.1 Å². The number of rotatable bonds is 0. The number of aromatic nitrogens is 1. The van der Waals surface area contributed by atoms with Gasteiger partial charge in [0.15, 0.2) is 11.6 Å². The molecule has 1 aromatic heterocycles. The van der Waals surface area contributed by atoms with E-state index < -0.39 is 0 Å². The molecule has 0 bridgehead atoms. The zero-order valence-corrected chi connectivity index (χ0v) is 9.04. The van der Waals surface area contributed by atoms with E-state index in [9.17, 15) is 0 Å². The SMILES string of the molecule is CC1COc2cccnc2N(C)C1=S. The number of hydrogen-bond donors (Lipinski definition) is 0. The molecule has 0 spiro atoms. The molecule has 0 fully saturated rings. The molecule has 2 heterocycles. The Morgan fingerprint density at radius 2 is 2.43 bits per heavy atom. The summed E-state index contributed by atoms with van der Waals surface area (Å²) in [5.41, 5.74) is 0. The van der Waals surface area contributed by atoms with Crippen molar-refractivity contribution in [3.8, 4) is 5.75 Å². The van der Waals surface area contributed by atoms with E-state index in [4.69, 9.17) is 17.0 Å². The molecular weight excluding hydrogens is 196 g/mol. The van der Waals surface area contributed by atoms with Gasteiger partial charge in [-0.15, -0.1) is 0 Å². The van der Waals surface area contributed by atoms with E-state index in [1.54, 1.807) is 6.20 Å². The minimum absolute atomic E-state index is 0.254. The van der Waals surface area contributed by atoms with Crippen molar-refractivity contribution in [2.75, 3.05) is 18.6 Å². The molecule has 0 amide bonds. The number of fused-ring (bicyclic) bond motifs is 1. The van der Waals surface area contributed by atoms with E-state index in [2.05, 4.69) is 11.9 Å². The van der Waals surface area contributed by atoms with Gasteiger partial charge >= 0.3 is 0 Å². The first-order valence-corrected chi connectivity index (χ1v) is 4.96. The van der Waals surface area contributed by atoms with Crippen molar-refractivity contribution < 1.29 is 4.74 Å². The molecule has 0 saturated heterocycles. The Bertz CT molecular complexity index is 367. The fraction of sp³-hybridized carbons (Fsp3) is 0.400. The highest BCUT2D eigenvalue weighted by atomic mass is 32.1. The Balaban J connectivity index is 2.45. The highest BCUT2D eigenvalue weighted by molar-refractivity contribution is 7.80. The molecule has 0 N–H and O–H groups in total. The molecular formula is C10H12N2OS. The maximum atomic E-state index is 5.61. The molecule has 74 valence electrons. The predicted octanol–water partition coefficient (Wildman–Crippen LogP) is 1.87. The fourth-order valence-electron chi connectivity index (χ4n) is 1.47. The summed E-state index contributed by atoms with van der Waals surface area (Å²) in [6, 6.07) is 3.78. The van der Waals surface area contributed by atoms with Gasteiger partial charge in [0.1, 0.15) is 0 Å². The predicted molar refractivity (Wildman–Crippen MR) is 59.9 cm³/mol. The van der Waals surface area contributed by atoms with Gasteiger partial charge in [-0.25, -0.2) is 4.98 Å². The number of hydrogen-bond acceptors (Lipinski definition) is 3. The van der Waals surface area contributed by atoms with Crippen LogP contribution in [-0.2, 0) is 0 Å². The fourth-order valence-corrected chi connectivity index (χ4v) is 1.62. The molecule has 14 heavy (non-hydrogen) atoms. The van der Waals surface area contributed by atoms with Gasteiger partial charge in [0.05, 0.1) is 11.6 Å². The lowest BCUT2D eigenvalue weighted by atomic mass is 10.2. The van der Waals surface area contributed by atoms with Crippen LogP contribution in [0.3, 0.4) is 0 Å². The Hall–Kier alpha value is -1.16. The Morgan fingerprint density at radius 3 is 3.21 bits per heavy atom. The molecule has 0 aromatic carbocycles. The Kier molecular flexibility index (Phi) is 2.37. The summed E-state index contributed by atoms with van der Waals surface area (Å²) >= 11 is 5.32. The van der Waals surface area contributed by atoms with Gasteiger partial charge in [0.25, 0.3) is 0 Å². The summed E-state index contributed by atoms with van der Waals surface area (Å²) < 4.78 is 5.61. The third kappa shape index (κ3) is 1.46. The maximum Gasteiger partial charge on any atom is 0.176 e. The van der Waals surface area contributed by atoms with Crippen LogP contribution < -0.4 is 9.64 Å². The van der Waals surface area contributed by atoms with Crippen LogP contribution in [0.2, 0.25) is 0 Å². The number of pyridine rings is 1. The van der Waals surface area contributed by atoms with Gasteiger partial charge in [0.2, 0.25) is 0 Å². The number of thiocarbonyl (C=S) groups is 1. The highest BCUT2D eigenvalue weighted by Crippen LogP contribution is 2.29. The van der Waals surface area contributed by atoms with Crippen LogP contribution in [0.4, 0.5) is 5.82 Å². The van der Waals surface area contributed by atoms with Gasteiger partial charge in [-0.2, -0.15) is 0 Å². The van der Waals surface area contributed by atoms with E-state index in [-0.39, 0.29) is 5.92 Å². The van der Waals surface area contributed by atoms with Gasteiger partial charge < -0.3 is 9.64 Å². The second-order valence-corrected chi connectivity index (χ2v) is 3.85. The highest BCUT2D eigenvalue weighted by Gasteiger charge is 2.23. The van der Waals surface area contributed by atoms with Gasteiger partial charge in [0, 0.05) is 19.2 Å². The lowest BCUT2D eigenvalue weighted by Gasteiger charge is -2.19. The average Bonchev–Trinajstić information content (AvgIpc) is 2.32. The lowest BCUT2D eigenvalue weighted by molar-refractivity contribution is 0.298. The van der Waals surface area contributed by atoms with Crippen molar-refractivity contribution in [1.82, 2.24) is 4.98 Å². The topological polar surface area (TPSA) is 25.4 Å². The van der Waals surface area contributed by atoms with E-state index in [0.29, 0.717) is 6.61 Å². The molecule has 0 radical (unpaired) electrons. The summed E-state index contributed by atoms with van der Waals surface area (Å²) in [5.74, 6) is 1.87. The van der Waals surface area contributed by atoms with Crippen LogP contribution in [0.5, 0.6) is 5.75 Å². The minimum Gasteiger partial charge on any atom is -0.489 e. The summed E-state index contributed by atoms with van der Waals surface area (Å²) in [5, 5.41) is 0. The Labute approximate surface area is 88.7 Å². The third-order valence-electron chi connectivity index (χ3n) is 2.31. The van der Waals surface area contributed by atoms with Crippen molar-refractivity contribution in [3.05, 3.63) is 18.3 Å². The molecule has 4 heteroatoms. The quantitative estimate of drug-likeness (QED) is 0.608. The summed E-state index contributed by atoms with van der Waals surface area (Å²) in [4.78, 5) is 7.05. The average molecular weight is 208 g/mol. The Morgan fingerprint density at radius 1 is 1.64 bits per heavy atom. The first-order chi connectivity index (χ1) is 6.70. The second-order valence-electron chi connectivity index (χ2n) is 3.43. The molecule has 3 nitrogen and oxygen atoms in total. The first-order valence-electron chi connectivity index (χ1n) is 4.55. The largest absolute Gasteiger partial charge is 0.489 e. The first kappa shape index (κ1) is 9.40. The number of anilines is 1. The molecule has 0 aliphatic carbocycles. The molecule has 1 aliphatic rings. The van der Waals surface area contributed by atoms with E-state index in [0.717, 1.165) is 16.6 Å². The maximum absolute atomic E-state index is 5.61. The van der Waals surface area contributed by atoms with Crippen LogP contribution in [0.15, 0.2) is 18.3 Å². The molecule has 1 aliphatic heterocycles. The lowest BCUT2D eigenvalue weighted by Crippen LogP contribution is -2.30. The van der Waals surface area contributed by atoms with Gasteiger partial charge in [-0.1, -0.05) is 19.1 Å².